The molecule has 230 valence electrons. The van der Waals surface area contributed by atoms with Crippen molar-refractivity contribution < 1.29 is 27.5 Å². The second kappa shape index (κ2) is 15.9. The molecule has 1 atom stereocenters. The molecule has 3 aromatic rings. The van der Waals surface area contributed by atoms with Gasteiger partial charge >= 0.3 is 0 Å². The number of benzene rings is 3. The molecule has 11 heteroatoms. The highest BCUT2D eigenvalue weighted by Crippen LogP contribution is 2.22. The molecule has 1 aliphatic rings. The molecule has 1 heterocycles. The summed E-state index contributed by atoms with van der Waals surface area (Å²) in [7, 11) is -3.65. The molecule has 1 saturated heterocycles. The van der Waals surface area contributed by atoms with E-state index in [1.165, 1.54) is 33.5 Å². The number of rotatable bonds is 14. The van der Waals surface area contributed by atoms with E-state index >= 15 is 0 Å². The Morgan fingerprint density at radius 1 is 0.977 bits per heavy atom. The highest BCUT2D eigenvalue weighted by molar-refractivity contribution is 7.89. The van der Waals surface area contributed by atoms with Crippen LogP contribution in [0.4, 0.5) is 0 Å². The number of nitrogens with zero attached hydrogens (tertiary/aromatic N) is 2. The molecule has 0 aromatic heterocycles. The number of unbranched alkanes of at least 4 members (excludes halogenated alkanes) is 1. The molecule has 3 aromatic carbocycles. The summed E-state index contributed by atoms with van der Waals surface area (Å²) in [5.74, 6) is -0.281. The molecule has 1 N–H and O–H groups in total. The molecule has 0 bridgehead atoms. The lowest BCUT2D eigenvalue weighted by atomic mass is 10.0. The molecule has 0 radical (unpaired) electrons. The Balaban J connectivity index is 1.53. The number of carbonyl (C=O) groups is 2. The van der Waals surface area contributed by atoms with Crippen LogP contribution in [-0.4, -0.2) is 74.9 Å². The van der Waals surface area contributed by atoms with Crippen molar-refractivity contribution >= 4 is 33.4 Å². The summed E-state index contributed by atoms with van der Waals surface area (Å²) >= 11 is 6.09. The zero-order chi connectivity index (χ0) is 30.7. The number of ether oxygens (including phenoxy) is 2. The number of sulfonamides is 1. The van der Waals surface area contributed by atoms with Crippen LogP contribution in [0.3, 0.4) is 0 Å². The standard InChI is InChI=1S/C32H38ClN3O6S/c1-2-3-17-34-32(38)30(22-25-7-5-4-6-8-25)36(23-26-9-11-27(33)12-10-26)31(37)24-42-28-13-15-29(16-14-28)43(39,40)35-18-20-41-21-19-35/h4-16,30H,2-3,17-24H2,1H3,(H,34,38). The molecule has 1 unspecified atom stereocenters. The van der Waals surface area contributed by atoms with E-state index in [-0.39, 0.29) is 29.9 Å². The number of hydrogen-bond acceptors (Lipinski definition) is 6. The summed E-state index contributed by atoms with van der Waals surface area (Å²) in [6.07, 6.45) is 2.08. The lowest BCUT2D eigenvalue weighted by molar-refractivity contribution is -0.142. The molecule has 0 spiro atoms. The van der Waals surface area contributed by atoms with Gasteiger partial charge in [0.15, 0.2) is 6.61 Å². The van der Waals surface area contributed by atoms with Crippen LogP contribution in [0, 0.1) is 0 Å². The van der Waals surface area contributed by atoms with Crippen LogP contribution in [0.25, 0.3) is 0 Å². The first-order valence-electron chi connectivity index (χ1n) is 14.4. The fourth-order valence-electron chi connectivity index (χ4n) is 4.72. The van der Waals surface area contributed by atoms with Gasteiger partial charge in [0.2, 0.25) is 15.9 Å². The monoisotopic (exact) mass is 627 g/mol. The number of morpholine rings is 1. The molecule has 0 saturated carbocycles. The first-order valence-corrected chi connectivity index (χ1v) is 16.3. The number of hydrogen-bond donors (Lipinski definition) is 1. The van der Waals surface area contributed by atoms with E-state index in [9.17, 15) is 18.0 Å². The van der Waals surface area contributed by atoms with E-state index in [2.05, 4.69) is 5.32 Å². The van der Waals surface area contributed by atoms with Crippen molar-refractivity contribution in [2.24, 2.45) is 0 Å². The molecule has 0 aliphatic carbocycles. The van der Waals surface area contributed by atoms with Gasteiger partial charge in [0.1, 0.15) is 11.8 Å². The zero-order valence-corrected chi connectivity index (χ0v) is 25.9. The Labute approximate surface area is 258 Å². The summed E-state index contributed by atoms with van der Waals surface area (Å²) in [6.45, 7) is 3.72. The fraction of sp³-hybridized carbons (Fsp3) is 0.375. The van der Waals surface area contributed by atoms with Crippen molar-refractivity contribution in [1.82, 2.24) is 14.5 Å². The van der Waals surface area contributed by atoms with Crippen molar-refractivity contribution in [3.05, 3.63) is 95.0 Å². The summed E-state index contributed by atoms with van der Waals surface area (Å²) in [5.41, 5.74) is 1.74. The number of carbonyl (C=O) groups excluding carboxylic acids is 2. The van der Waals surface area contributed by atoms with Crippen molar-refractivity contribution in [3.8, 4) is 5.75 Å². The van der Waals surface area contributed by atoms with Crippen molar-refractivity contribution in [1.29, 1.82) is 0 Å². The van der Waals surface area contributed by atoms with E-state index in [1.54, 1.807) is 12.1 Å². The molecule has 4 rings (SSSR count). The largest absolute Gasteiger partial charge is 0.484 e. The minimum Gasteiger partial charge on any atom is -0.484 e. The minimum atomic E-state index is -3.65. The molecule has 43 heavy (non-hydrogen) atoms. The number of amides is 2. The van der Waals surface area contributed by atoms with Gasteiger partial charge in [-0.05, 0) is 53.9 Å². The first-order chi connectivity index (χ1) is 20.8. The highest BCUT2D eigenvalue weighted by atomic mass is 35.5. The van der Waals surface area contributed by atoms with Gasteiger partial charge < -0.3 is 19.7 Å². The second-order valence-electron chi connectivity index (χ2n) is 10.3. The first kappa shape index (κ1) is 32.5. The van der Waals surface area contributed by atoms with E-state index in [0.717, 1.165) is 24.0 Å². The van der Waals surface area contributed by atoms with Crippen molar-refractivity contribution in [2.45, 2.75) is 43.7 Å². The molecular weight excluding hydrogens is 590 g/mol. The van der Waals surface area contributed by atoms with E-state index in [0.29, 0.717) is 50.0 Å². The summed E-state index contributed by atoms with van der Waals surface area (Å²) in [6, 6.07) is 21.9. The van der Waals surface area contributed by atoms with Crippen molar-refractivity contribution in [2.75, 3.05) is 39.5 Å². The molecular formula is C32H38ClN3O6S. The summed E-state index contributed by atoms with van der Waals surface area (Å²) in [4.78, 5) is 29.0. The lowest BCUT2D eigenvalue weighted by Crippen LogP contribution is -2.51. The van der Waals surface area contributed by atoms with Gasteiger partial charge in [-0.15, -0.1) is 0 Å². The second-order valence-corrected chi connectivity index (χ2v) is 12.6. The summed E-state index contributed by atoms with van der Waals surface area (Å²) < 4.78 is 38.4. The van der Waals surface area contributed by atoms with Gasteiger partial charge in [0, 0.05) is 37.6 Å². The van der Waals surface area contributed by atoms with Gasteiger partial charge in [-0.2, -0.15) is 4.31 Å². The third kappa shape index (κ3) is 9.27. The Morgan fingerprint density at radius 3 is 2.30 bits per heavy atom. The molecule has 1 aliphatic heterocycles. The van der Waals surface area contributed by atoms with Crippen LogP contribution < -0.4 is 10.1 Å². The Bertz CT molecular complexity index is 1430. The zero-order valence-electron chi connectivity index (χ0n) is 24.3. The van der Waals surface area contributed by atoms with Crippen LogP contribution in [-0.2, 0) is 37.3 Å². The molecule has 2 amide bonds. The van der Waals surface area contributed by atoms with E-state index < -0.39 is 16.1 Å². The van der Waals surface area contributed by atoms with Crippen LogP contribution >= 0.6 is 11.6 Å². The maximum Gasteiger partial charge on any atom is 0.261 e. The predicted octanol–water partition coefficient (Wildman–Crippen LogP) is 4.30. The molecule has 1 fully saturated rings. The average molecular weight is 628 g/mol. The van der Waals surface area contributed by atoms with Crippen LogP contribution in [0.2, 0.25) is 5.02 Å². The van der Waals surface area contributed by atoms with E-state index in [1.807, 2.05) is 49.4 Å². The van der Waals surface area contributed by atoms with Crippen LogP contribution in [0.1, 0.15) is 30.9 Å². The van der Waals surface area contributed by atoms with Gasteiger partial charge in [-0.3, -0.25) is 9.59 Å². The van der Waals surface area contributed by atoms with E-state index in [4.69, 9.17) is 21.1 Å². The van der Waals surface area contributed by atoms with Gasteiger partial charge in [-0.25, -0.2) is 8.42 Å². The smallest absolute Gasteiger partial charge is 0.261 e. The third-order valence-electron chi connectivity index (χ3n) is 7.16. The highest BCUT2D eigenvalue weighted by Gasteiger charge is 2.31. The summed E-state index contributed by atoms with van der Waals surface area (Å²) in [5, 5.41) is 3.56. The Kier molecular flexibility index (Phi) is 12.0. The Morgan fingerprint density at radius 2 is 1.65 bits per heavy atom. The van der Waals surface area contributed by atoms with Crippen molar-refractivity contribution in [3.63, 3.8) is 0 Å². The maximum atomic E-state index is 13.8. The average Bonchev–Trinajstić information content (AvgIpc) is 3.03. The van der Waals surface area contributed by atoms with Crippen LogP contribution in [0.5, 0.6) is 5.75 Å². The lowest BCUT2D eigenvalue weighted by Gasteiger charge is -2.31. The quantitative estimate of drug-likeness (QED) is 0.267. The minimum absolute atomic E-state index is 0.143. The number of nitrogens with one attached hydrogen (secondary N) is 1. The maximum absolute atomic E-state index is 13.8. The predicted molar refractivity (Wildman–Crippen MR) is 165 cm³/mol. The third-order valence-corrected chi connectivity index (χ3v) is 9.33. The van der Waals surface area contributed by atoms with Gasteiger partial charge in [-0.1, -0.05) is 67.4 Å². The van der Waals surface area contributed by atoms with Gasteiger partial charge in [0.05, 0.1) is 18.1 Å². The number of halogens is 1. The SMILES string of the molecule is CCCCNC(=O)C(Cc1ccccc1)N(Cc1ccc(Cl)cc1)C(=O)COc1ccc(S(=O)(=O)N2CCOCC2)cc1. The Hall–Kier alpha value is -3.44. The fourth-order valence-corrected chi connectivity index (χ4v) is 6.25. The van der Waals surface area contributed by atoms with Gasteiger partial charge in [0.25, 0.3) is 5.91 Å². The normalized spacial score (nSPS) is 14.6. The topological polar surface area (TPSA) is 105 Å². The van der Waals surface area contributed by atoms with Crippen LogP contribution in [0.15, 0.2) is 83.8 Å². The molecule has 9 nitrogen and oxygen atoms in total.